The van der Waals surface area contributed by atoms with Gasteiger partial charge < -0.3 is 15.8 Å². The van der Waals surface area contributed by atoms with Crippen molar-refractivity contribution in [3.05, 3.63) is 28.8 Å². The van der Waals surface area contributed by atoms with Crippen molar-refractivity contribution >= 4 is 29.2 Å². The minimum atomic E-state index is -0.477. The van der Waals surface area contributed by atoms with Gasteiger partial charge >= 0.3 is 5.97 Å². The van der Waals surface area contributed by atoms with Crippen LogP contribution in [0, 0.1) is 0 Å². The van der Waals surface area contributed by atoms with E-state index in [9.17, 15) is 9.59 Å². The van der Waals surface area contributed by atoms with Crippen LogP contribution >= 0.6 is 11.6 Å². The predicted octanol–water partition coefficient (Wildman–Crippen LogP) is 1.61. The second-order valence-corrected chi connectivity index (χ2v) is 4.06. The van der Waals surface area contributed by atoms with Crippen LogP contribution in [-0.4, -0.2) is 25.5 Å². The smallest absolute Gasteiger partial charge is 0.338 e. The number of anilines is 1. The van der Waals surface area contributed by atoms with Crippen molar-refractivity contribution in [2.75, 3.05) is 19.4 Å². The van der Waals surface area contributed by atoms with E-state index in [-0.39, 0.29) is 12.5 Å². The molecule has 3 N–H and O–H groups in total. The molecule has 0 atom stereocenters. The molecule has 0 spiro atoms. The van der Waals surface area contributed by atoms with E-state index in [1.54, 1.807) is 13.1 Å². The third kappa shape index (κ3) is 4.25. The number of hydrogen-bond donors (Lipinski definition) is 2. The normalized spacial score (nSPS) is 9.89. The third-order valence-electron chi connectivity index (χ3n) is 2.29. The number of nitrogens with two attached hydrogens (primary N) is 1. The van der Waals surface area contributed by atoms with E-state index in [1.807, 2.05) is 0 Å². The van der Waals surface area contributed by atoms with Crippen LogP contribution in [0.3, 0.4) is 0 Å². The van der Waals surface area contributed by atoms with Crippen molar-refractivity contribution in [1.29, 1.82) is 0 Å². The fraction of sp³-hybridized carbons (Fsp3) is 0.333. The number of carbonyl (C=O) groups is 2. The van der Waals surface area contributed by atoms with E-state index >= 15 is 0 Å². The van der Waals surface area contributed by atoms with Gasteiger partial charge in [0.25, 0.3) is 0 Å². The lowest BCUT2D eigenvalue weighted by Crippen LogP contribution is -2.18. The Labute approximate surface area is 110 Å². The average Bonchev–Trinajstić information content (AvgIpc) is 2.37. The van der Waals surface area contributed by atoms with Gasteiger partial charge in [0.1, 0.15) is 0 Å². The first-order chi connectivity index (χ1) is 8.54. The van der Waals surface area contributed by atoms with Gasteiger partial charge in [-0.25, -0.2) is 4.79 Å². The number of nitrogen functional groups attached to an aromatic ring is 1. The van der Waals surface area contributed by atoms with Crippen molar-refractivity contribution in [3.8, 4) is 0 Å². The van der Waals surface area contributed by atoms with Gasteiger partial charge in [-0.2, -0.15) is 0 Å². The van der Waals surface area contributed by atoms with Gasteiger partial charge in [-0.3, -0.25) is 4.79 Å². The quantitative estimate of drug-likeness (QED) is 0.484. The van der Waals surface area contributed by atoms with Crippen LogP contribution in [0.4, 0.5) is 5.69 Å². The number of esters is 1. The number of amides is 1. The molecule has 0 aliphatic carbocycles. The number of halogens is 1. The molecule has 1 aromatic carbocycles. The van der Waals surface area contributed by atoms with E-state index in [1.165, 1.54) is 12.1 Å². The standard InChI is InChI=1S/C12H15ClN2O3/c1-15-11(16)3-2-6-18-12(17)8-4-5-9(13)10(14)7-8/h4-5,7H,2-3,6,14H2,1H3,(H,15,16). The van der Waals surface area contributed by atoms with Gasteiger partial charge in [0.15, 0.2) is 0 Å². The number of hydrogen-bond acceptors (Lipinski definition) is 4. The predicted molar refractivity (Wildman–Crippen MR) is 69.4 cm³/mol. The van der Waals surface area contributed by atoms with E-state index in [2.05, 4.69) is 5.32 Å². The highest BCUT2D eigenvalue weighted by Crippen LogP contribution is 2.19. The van der Waals surface area contributed by atoms with Gasteiger partial charge in [-0.05, 0) is 24.6 Å². The molecule has 18 heavy (non-hydrogen) atoms. The zero-order valence-corrected chi connectivity index (χ0v) is 10.8. The number of ether oxygens (including phenoxy) is 1. The molecule has 0 saturated heterocycles. The van der Waals surface area contributed by atoms with Crippen LogP contribution in [0.5, 0.6) is 0 Å². The Morgan fingerprint density at radius 3 is 2.78 bits per heavy atom. The largest absolute Gasteiger partial charge is 0.462 e. The Hall–Kier alpha value is -1.75. The lowest BCUT2D eigenvalue weighted by atomic mass is 10.2. The first kappa shape index (κ1) is 14.3. The summed E-state index contributed by atoms with van der Waals surface area (Å²) in [5.41, 5.74) is 6.25. The molecule has 0 aliphatic rings. The molecule has 98 valence electrons. The molecule has 0 aromatic heterocycles. The van der Waals surface area contributed by atoms with E-state index in [0.29, 0.717) is 29.1 Å². The van der Waals surface area contributed by atoms with Crippen molar-refractivity contribution in [2.45, 2.75) is 12.8 Å². The maximum absolute atomic E-state index is 11.6. The van der Waals surface area contributed by atoms with Crippen molar-refractivity contribution in [3.63, 3.8) is 0 Å². The Morgan fingerprint density at radius 1 is 1.44 bits per heavy atom. The highest BCUT2D eigenvalue weighted by atomic mass is 35.5. The second kappa shape index (κ2) is 6.86. The van der Waals surface area contributed by atoms with Gasteiger partial charge in [0, 0.05) is 13.5 Å². The molecule has 0 aliphatic heterocycles. The zero-order valence-electron chi connectivity index (χ0n) is 10.0. The van der Waals surface area contributed by atoms with Crippen LogP contribution in [-0.2, 0) is 9.53 Å². The molecule has 1 rings (SSSR count). The summed E-state index contributed by atoms with van der Waals surface area (Å²) in [4.78, 5) is 22.5. The summed E-state index contributed by atoms with van der Waals surface area (Å²) >= 11 is 5.74. The number of carbonyl (C=O) groups excluding carboxylic acids is 2. The van der Waals surface area contributed by atoms with Gasteiger partial charge in [0.05, 0.1) is 22.9 Å². The summed E-state index contributed by atoms with van der Waals surface area (Å²) in [6.45, 7) is 0.189. The molecular formula is C12H15ClN2O3. The molecule has 1 amide bonds. The molecule has 0 fully saturated rings. The second-order valence-electron chi connectivity index (χ2n) is 3.65. The maximum atomic E-state index is 11.6. The monoisotopic (exact) mass is 270 g/mol. The fourth-order valence-corrected chi connectivity index (χ4v) is 1.39. The van der Waals surface area contributed by atoms with Crippen molar-refractivity contribution in [1.82, 2.24) is 5.32 Å². The Kier molecular flexibility index (Phi) is 5.45. The maximum Gasteiger partial charge on any atom is 0.338 e. The number of nitrogens with one attached hydrogen (secondary N) is 1. The zero-order chi connectivity index (χ0) is 13.5. The molecule has 5 nitrogen and oxygen atoms in total. The van der Waals surface area contributed by atoms with Crippen molar-refractivity contribution in [2.24, 2.45) is 0 Å². The molecular weight excluding hydrogens is 256 g/mol. The molecule has 1 aromatic rings. The summed E-state index contributed by atoms with van der Waals surface area (Å²) in [7, 11) is 1.56. The van der Waals surface area contributed by atoms with Crippen molar-refractivity contribution < 1.29 is 14.3 Å². The lowest BCUT2D eigenvalue weighted by molar-refractivity contribution is -0.120. The van der Waals surface area contributed by atoms with E-state index in [0.717, 1.165) is 0 Å². The van der Waals surface area contributed by atoms with Gasteiger partial charge in [-0.1, -0.05) is 11.6 Å². The summed E-state index contributed by atoms with van der Waals surface area (Å²) in [6, 6.07) is 4.54. The molecule has 6 heteroatoms. The summed E-state index contributed by atoms with van der Waals surface area (Å²) in [6.07, 6.45) is 0.807. The lowest BCUT2D eigenvalue weighted by Gasteiger charge is -2.05. The molecule has 0 radical (unpaired) electrons. The number of benzene rings is 1. The molecule has 0 saturated carbocycles. The topological polar surface area (TPSA) is 81.4 Å². The molecule has 0 bridgehead atoms. The van der Waals surface area contributed by atoms with Gasteiger partial charge in [-0.15, -0.1) is 0 Å². The third-order valence-corrected chi connectivity index (χ3v) is 2.64. The first-order valence-electron chi connectivity index (χ1n) is 5.47. The average molecular weight is 271 g/mol. The fourth-order valence-electron chi connectivity index (χ4n) is 1.28. The SMILES string of the molecule is CNC(=O)CCCOC(=O)c1ccc(Cl)c(N)c1. The van der Waals surface area contributed by atoms with Crippen LogP contribution in [0.1, 0.15) is 23.2 Å². The van der Waals surface area contributed by atoms with E-state index in [4.69, 9.17) is 22.1 Å². The van der Waals surface area contributed by atoms with Crippen LogP contribution in [0.25, 0.3) is 0 Å². The summed E-state index contributed by atoms with van der Waals surface area (Å²) < 4.78 is 5.00. The van der Waals surface area contributed by atoms with Crippen LogP contribution in [0.15, 0.2) is 18.2 Å². The minimum absolute atomic E-state index is 0.0817. The van der Waals surface area contributed by atoms with Crippen LogP contribution in [0.2, 0.25) is 5.02 Å². The first-order valence-corrected chi connectivity index (χ1v) is 5.85. The highest BCUT2D eigenvalue weighted by molar-refractivity contribution is 6.33. The Balaban J connectivity index is 2.41. The molecule has 0 unspecified atom stereocenters. The summed E-state index contributed by atoms with van der Waals surface area (Å²) in [5.74, 6) is -0.558. The Morgan fingerprint density at radius 2 is 2.17 bits per heavy atom. The number of rotatable bonds is 5. The van der Waals surface area contributed by atoms with E-state index < -0.39 is 5.97 Å². The summed E-state index contributed by atoms with van der Waals surface area (Å²) in [5, 5.41) is 2.88. The minimum Gasteiger partial charge on any atom is -0.462 e. The van der Waals surface area contributed by atoms with Gasteiger partial charge in [0.2, 0.25) is 5.91 Å². The van der Waals surface area contributed by atoms with Crippen LogP contribution < -0.4 is 11.1 Å². The Bertz CT molecular complexity index is 449. The molecule has 0 heterocycles. The highest BCUT2D eigenvalue weighted by Gasteiger charge is 2.09.